The van der Waals surface area contributed by atoms with E-state index >= 15 is 0 Å². The molecule has 0 aromatic heterocycles. The van der Waals surface area contributed by atoms with Crippen LogP contribution in [0, 0.1) is 0 Å². The Bertz CT molecular complexity index is 525. The number of hydrogen-bond acceptors (Lipinski definition) is 5. The summed E-state index contributed by atoms with van der Waals surface area (Å²) in [5.41, 5.74) is 0.507. The highest BCUT2D eigenvalue weighted by Crippen LogP contribution is 2.14. The average Bonchev–Trinajstić information content (AvgIpc) is 2.71. The molecule has 0 N–H and O–H groups in total. The summed E-state index contributed by atoms with van der Waals surface area (Å²) in [5.74, 6) is -1.08. The van der Waals surface area contributed by atoms with Crippen LogP contribution in [0.25, 0.3) is 0 Å². The van der Waals surface area contributed by atoms with E-state index in [1.54, 1.807) is 30.3 Å². The minimum Gasteiger partial charge on any atom is -0.361 e. The van der Waals surface area contributed by atoms with Crippen molar-refractivity contribution in [2.24, 2.45) is 0 Å². The van der Waals surface area contributed by atoms with Gasteiger partial charge >= 0.3 is 0 Å². The summed E-state index contributed by atoms with van der Waals surface area (Å²) >= 11 is 4.88. The van der Waals surface area contributed by atoms with E-state index in [1.165, 1.54) is 0 Å². The first-order valence-corrected chi connectivity index (χ1v) is 6.13. The predicted molar refractivity (Wildman–Crippen MR) is 70.2 cm³/mol. The number of rotatable bonds is 4. The molecular formula is C13H11NO4S. The smallest absolute Gasteiger partial charge is 0.263 e. The molecule has 1 heterocycles. The van der Waals surface area contributed by atoms with Crippen LogP contribution in [-0.4, -0.2) is 27.7 Å². The fourth-order valence-electron chi connectivity index (χ4n) is 1.65. The number of carbonyl (C=O) groups excluding carboxylic acids is 3. The lowest BCUT2D eigenvalue weighted by atomic mass is 10.1. The van der Waals surface area contributed by atoms with Crippen LogP contribution < -0.4 is 0 Å². The number of hydrogen-bond donors (Lipinski definition) is 0. The van der Waals surface area contributed by atoms with Gasteiger partial charge in [0.15, 0.2) is 5.78 Å². The first-order valence-electron chi connectivity index (χ1n) is 5.73. The van der Waals surface area contributed by atoms with Crippen LogP contribution in [0.4, 0.5) is 0 Å². The second-order valence-electron chi connectivity index (χ2n) is 4.01. The molecule has 0 aliphatic carbocycles. The SMILES string of the molecule is O=C(CC(=S)ON1C(=O)CCC1=O)c1ccccc1. The molecule has 1 aliphatic heterocycles. The Labute approximate surface area is 115 Å². The second-order valence-corrected chi connectivity index (χ2v) is 4.47. The molecule has 1 fully saturated rings. The van der Waals surface area contributed by atoms with Gasteiger partial charge in [-0.25, -0.2) is 0 Å². The van der Waals surface area contributed by atoms with Gasteiger partial charge in [-0.2, -0.15) is 0 Å². The van der Waals surface area contributed by atoms with Crippen molar-refractivity contribution in [3.63, 3.8) is 0 Å². The lowest BCUT2D eigenvalue weighted by molar-refractivity contribution is -0.167. The predicted octanol–water partition coefficient (Wildman–Crippen LogP) is 1.67. The highest BCUT2D eigenvalue weighted by Gasteiger charge is 2.32. The van der Waals surface area contributed by atoms with E-state index in [1.807, 2.05) is 0 Å². The standard InChI is InChI=1S/C13H11NO4S/c15-10(9-4-2-1-3-5-9)8-13(19)18-14-11(16)6-7-12(14)17/h1-5H,6-8H2. The van der Waals surface area contributed by atoms with Crippen molar-refractivity contribution in [2.45, 2.75) is 19.3 Å². The second kappa shape index (κ2) is 5.71. The van der Waals surface area contributed by atoms with Gasteiger partial charge in [-0.1, -0.05) is 30.3 Å². The minimum absolute atomic E-state index is 0.0857. The van der Waals surface area contributed by atoms with Crippen LogP contribution >= 0.6 is 12.2 Å². The molecule has 5 nitrogen and oxygen atoms in total. The molecule has 0 saturated carbocycles. The van der Waals surface area contributed by atoms with Crippen LogP contribution in [0.3, 0.4) is 0 Å². The van der Waals surface area contributed by atoms with Crippen molar-refractivity contribution >= 4 is 34.9 Å². The van der Waals surface area contributed by atoms with E-state index in [4.69, 9.17) is 17.1 Å². The largest absolute Gasteiger partial charge is 0.361 e. The zero-order chi connectivity index (χ0) is 13.8. The summed E-state index contributed by atoms with van der Waals surface area (Å²) < 4.78 is 0. The normalized spacial score (nSPS) is 14.6. The Hall–Kier alpha value is -2.08. The van der Waals surface area contributed by atoms with Crippen molar-refractivity contribution in [1.82, 2.24) is 5.06 Å². The van der Waals surface area contributed by atoms with Crippen LogP contribution in [0.1, 0.15) is 29.6 Å². The average molecular weight is 277 g/mol. The first kappa shape index (κ1) is 13.4. The van der Waals surface area contributed by atoms with Crippen LogP contribution in [0.5, 0.6) is 0 Å². The molecule has 1 aromatic rings. The third kappa shape index (κ3) is 3.23. The molecule has 1 aliphatic rings. The minimum atomic E-state index is -0.431. The number of thiocarbonyl (C=S) groups is 1. The van der Waals surface area contributed by atoms with E-state index in [0.717, 1.165) is 0 Å². The van der Waals surface area contributed by atoms with Crippen molar-refractivity contribution in [3.05, 3.63) is 35.9 Å². The van der Waals surface area contributed by atoms with Gasteiger partial charge in [0.1, 0.15) is 0 Å². The molecule has 19 heavy (non-hydrogen) atoms. The van der Waals surface area contributed by atoms with E-state index < -0.39 is 11.8 Å². The van der Waals surface area contributed by atoms with Crippen LogP contribution in [0.2, 0.25) is 0 Å². The lowest BCUT2D eigenvalue weighted by Gasteiger charge is -2.14. The molecule has 0 radical (unpaired) electrons. The monoisotopic (exact) mass is 277 g/mol. The van der Waals surface area contributed by atoms with Crippen molar-refractivity contribution in [3.8, 4) is 0 Å². The maximum Gasteiger partial charge on any atom is 0.263 e. The topological polar surface area (TPSA) is 63.7 Å². The van der Waals surface area contributed by atoms with E-state index in [0.29, 0.717) is 10.6 Å². The Morgan fingerprint density at radius 3 is 2.32 bits per heavy atom. The van der Waals surface area contributed by atoms with Gasteiger partial charge in [0.25, 0.3) is 11.8 Å². The lowest BCUT2D eigenvalue weighted by Crippen LogP contribution is -2.32. The van der Waals surface area contributed by atoms with Gasteiger partial charge < -0.3 is 4.84 Å². The number of benzene rings is 1. The number of amides is 2. The molecule has 0 atom stereocenters. The highest BCUT2D eigenvalue weighted by atomic mass is 32.1. The maximum atomic E-state index is 11.8. The van der Waals surface area contributed by atoms with E-state index in [2.05, 4.69) is 0 Å². The molecule has 0 spiro atoms. The zero-order valence-electron chi connectivity index (χ0n) is 10.00. The summed E-state index contributed by atoms with van der Waals surface area (Å²) in [6.07, 6.45) is 0.0958. The fraction of sp³-hybridized carbons (Fsp3) is 0.231. The fourth-order valence-corrected chi connectivity index (χ4v) is 1.85. The Kier molecular flexibility index (Phi) is 4.01. The Morgan fingerprint density at radius 1 is 1.16 bits per heavy atom. The zero-order valence-corrected chi connectivity index (χ0v) is 10.8. The highest BCUT2D eigenvalue weighted by molar-refractivity contribution is 7.80. The molecular weight excluding hydrogens is 266 g/mol. The quantitative estimate of drug-likeness (QED) is 0.476. The Balaban J connectivity index is 1.93. The summed E-state index contributed by atoms with van der Waals surface area (Å²) in [4.78, 5) is 39.4. The van der Waals surface area contributed by atoms with Gasteiger partial charge in [0.05, 0.1) is 6.42 Å². The van der Waals surface area contributed by atoms with Gasteiger partial charge in [-0.05, 0) is 12.2 Å². The number of nitrogens with zero attached hydrogens (tertiary/aromatic N) is 1. The van der Waals surface area contributed by atoms with Crippen LogP contribution in [-0.2, 0) is 14.4 Å². The van der Waals surface area contributed by atoms with Crippen molar-refractivity contribution in [1.29, 1.82) is 0 Å². The molecule has 6 heteroatoms. The van der Waals surface area contributed by atoms with Crippen molar-refractivity contribution < 1.29 is 19.2 Å². The summed E-state index contributed by atoms with van der Waals surface area (Å²) in [7, 11) is 0. The first-order chi connectivity index (χ1) is 9.08. The number of imide groups is 1. The van der Waals surface area contributed by atoms with Gasteiger partial charge in [0, 0.05) is 18.4 Å². The van der Waals surface area contributed by atoms with E-state index in [-0.39, 0.29) is 30.1 Å². The number of ketones is 1. The van der Waals surface area contributed by atoms with Gasteiger partial charge in [-0.3, -0.25) is 14.4 Å². The molecule has 1 saturated heterocycles. The Morgan fingerprint density at radius 2 is 1.74 bits per heavy atom. The third-order valence-electron chi connectivity index (χ3n) is 2.60. The van der Waals surface area contributed by atoms with Crippen LogP contribution in [0.15, 0.2) is 30.3 Å². The summed E-state index contributed by atoms with van der Waals surface area (Å²) in [6, 6.07) is 8.61. The number of hydroxylamine groups is 2. The summed E-state index contributed by atoms with van der Waals surface area (Å²) in [6.45, 7) is 0. The third-order valence-corrected chi connectivity index (χ3v) is 2.82. The van der Waals surface area contributed by atoms with E-state index in [9.17, 15) is 14.4 Å². The van der Waals surface area contributed by atoms with Crippen molar-refractivity contribution in [2.75, 3.05) is 0 Å². The molecule has 0 bridgehead atoms. The van der Waals surface area contributed by atoms with Gasteiger partial charge in [-0.15, -0.1) is 5.06 Å². The molecule has 0 unspecified atom stereocenters. The molecule has 2 amide bonds. The van der Waals surface area contributed by atoms with Gasteiger partial charge in [0.2, 0.25) is 5.05 Å². The summed E-state index contributed by atoms with van der Waals surface area (Å²) in [5, 5.41) is 0.554. The maximum absolute atomic E-state index is 11.8. The molecule has 98 valence electrons. The number of carbonyl (C=O) groups is 3. The molecule has 2 rings (SSSR count). The molecule has 1 aromatic carbocycles. The number of Topliss-reactive ketones (excluding diaryl/α,β-unsaturated/α-hetero) is 1.